The lowest BCUT2D eigenvalue weighted by Crippen LogP contribution is -2.42. The maximum Gasteiger partial charge on any atom is 0.256 e. The number of hydrogen-bond donors (Lipinski definition) is 0. The van der Waals surface area contributed by atoms with E-state index in [1.54, 1.807) is 0 Å². The Labute approximate surface area is 154 Å². The van der Waals surface area contributed by atoms with E-state index < -0.39 is 0 Å². The normalized spacial score (nSPS) is 17.8. The van der Waals surface area contributed by atoms with E-state index in [1.807, 2.05) is 47.5 Å². The van der Waals surface area contributed by atoms with Gasteiger partial charge in [-0.2, -0.15) is 0 Å². The number of hydrogen-bond acceptors (Lipinski definition) is 2. The minimum Gasteiger partial charge on any atom is -0.370 e. The monoisotopic (exact) mass is 348 g/mol. The summed E-state index contributed by atoms with van der Waals surface area (Å²) in [5.41, 5.74) is 3.01. The molecule has 1 saturated heterocycles. The van der Waals surface area contributed by atoms with E-state index in [0.717, 1.165) is 22.0 Å². The zero-order chi connectivity index (χ0) is 18.1. The molecule has 1 amide bonds. The van der Waals surface area contributed by atoms with Crippen LogP contribution < -0.4 is 0 Å². The van der Waals surface area contributed by atoms with Crippen LogP contribution in [0.15, 0.2) is 60.8 Å². The lowest BCUT2D eigenvalue weighted by atomic mass is 10.1. The summed E-state index contributed by atoms with van der Waals surface area (Å²) in [4.78, 5) is 15.2. The predicted molar refractivity (Wildman–Crippen MR) is 103 cm³/mol. The van der Waals surface area contributed by atoms with Gasteiger partial charge in [0.2, 0.25) is 0 Å². The fourth-order valence-electron chi connectivity index (χ4n) is 3.68. The van der Waals surface area contributed by atoms with E-state index in [9.17, 15) is 4.79 Å². The molecule has 1 fully saturated rings. The highest BCUT2D eigenvalue weighted by molar-refractivity contribution is 6.07. The Bertz CT molecular complexity index is 914. The van der Waals surface area contributed by atoms with Gasteiger partial charge in [-0.1, -0.05) is 48.5 Å². The van der Waals surface area contributed by atoms with Crippen LogP contribution in [0.2, 0.25) is 0 Å². The standard InChI is InChI=1S/C22H24N2O2/c1-16(2)24-14-19(18-10-6-7-11-20(18)24)22(25)23-12-13-26-21(15-23)17-8-4-3-5-9-17/h3-11,14,16,21H,12-13,15H2,1-2H3. The van der Waals surface area contributed by atoms with Crippen molar-refractivity contribution in [3.05, 3.63) is 71.9 Å². The molecule has 1 aliphatic rings. The highest BCUT2D eigenvalue weighted by Gasteiger charge is 2.28. The number of amides is 1. The van der Waals surface area contributed by atoms with Gasteiger partial charge in [0.1, 0.15) is 6.10 Å². The van der Waals surface area contributed by atoms with E-state index >= 15 is 0 Å². The highest BCUT2D eigenvalue weighted by atomic mass is 16.5. The van der Waals surface area contributed by atoms with Crippen LogP contribution in [0.1, 0.15) is 41.9 Å². The molecule has 0 bridgehead atoms. The largest absolute Gasteiger partial charge is 0.370 e. The zero-order valence-corrected chi connectivity index (χ0v) is 15.3. The Hall–Kier alpha value is -2.59. The Kier molecular flexibility index (Phi) is 4.51. The van der Waals surface area contributed by atoms with Gasteiger partial charge in [-0.05, 0) is 25.5 Å². The SMILES string of the molecule is CC(C)n1cc(C(=O)N2CCOC(c3ccccc3)C2)c2ccccc21. The maximum atomic E-state index is 13.3. The fourth-order valence-corrected chi connectivity index (χ4v) is 3.68. The third-order valence-corrected chi connectivity index (χ3v) is 5.05. The average Bonchev–Trinajstić information content (AvgIpc) is 3.08. The Morgan fingerprint density at radius 3 is 2.58 bits per heavy atom. The van der Waals surface area contributed by atoms with Gasteiger partial charge in [-0.25, -0.2) is 0 Å². The highest BCUT2D eigenvalue weighted by Crippen LogP contribution is 2.28. The molecule has 0 N–H and O–H groups in total. The zero-order valence-electron chi connectivity index (χ0n) is 15.3. The van der Waals surface area contributed by atoms with Crippen LogP contribution in [0, 0.1) is 0 Å². The summed E-state index contributed by atoms with van der Waals surface area (Å²) in [7, 11) is 0. The quantitative estimate of drug-likeness (QED) is 0.701. The number of ether oxygens (including phenoxy) is 1. The van der Waals surface area contributed by atoms with E-state index in [4.69, 9.17) is 4.74 Å². The third-order valence-electron chi connectivity index (χ3n) is 5.05. The van der Waals surface area contributed by atoms with Crippen LogP contribution in [-0.4, -0.2) is 35.1 Å². The van der Waals surface area contributed by atoms with Crippen molar-refractivity contribution in [2.45, 2.75) is 26.0 Å². The van der Waals surface area contributed by atoms with Crippen LogP contribution in [0.4, 0.5) is 0 Å². The van der Waals surface area contributed by atoms with Crippen molar-refractivity contribution in [2.24, 2.45) is 0 Å². The number of para-hydroxylation sites is 1. The Morgan fingerprint density at radius 2 is 1.81 bits per heavy atom. The molecule has 1 unspecified atom stereocenters. The Morgan fingerprint density at radius 1 is 1.08 bits per heavy atom. The van der Waals surface area contributed by atoms with Crippen molar-refractivity contribution in [1.82, 2.24) is 9.47 Å². The second-order valence-electron chi connectivity index (χ2n) is 7.08. The van der Waals surface area contributed by atoms with Crippen molar-refractivity contribution in [2.75, 3.05) is 19.7 Å². The summed E-state index contributed by atoms with van der Waals surface area (Å²) in [6.07, 6.45) is 1.94. The third kappa shape index (κ3) is 3.01. The molecule has 0 aliphatic carbocycles. The molecular weight excluding hydrogens is 324 g/mol. The molecule has 4 nitrogen and oxygen atoms in total. The number of fused-ring (bicyclic) bond motifs is 1. The first kappa shape index (κ1) is 16.9. The Balaban J connectivity index is 1.64. The number of carbonyl (C=O) groups is 1. The van der Waals surface area contributed by atoms with Crippen LogP contribution in [0.3, 0.4) is 0 Å². The fraction of sp³-hybridized carbons (Fsp3) is 0.318. The van der Waals surface area contributed by atoms with E-state index in [2.05, 4.69) is 36.6 Å². The molecular formula is C22H24N2O2. The molecule has 0 radical (unpaired) electrons. The van der Waals surface area contributed by atoms with Crippen molar-refractivity contribution >= 4 is 16.8 Å². The van der Waals surface area contributed by atoms with Crippen LogP contribution in [0.25, 0.3) is 10.9 Å². The first-order chi connectivity index (χ1) is 12.6. The second kappa shape index (κ2) is 6.96. The molecule has 2 aromatic carbocycles. The average molecular weight is 348 g/mol. The van der Waals surface area contributed by atoms with Gasteiger partial charge in [0.15, 0.2) is 0 Å². The molecule has 3 aromatic rings. The van der Waals surface area contributed by atoms with Gasteiger partial charge in [0.05, 0.1) is 18.7 Å². The number of morpholine rings is 1. The molecule has 0 spiro atoms. The van der Waals surface area contributed by atoms with Gasteiger partial charge >= 0.3 is 0 Å². The first-order valence-corrected chi connectivity index (χ1v) is 9.20. The molecule has 26 heavy (non-hydrogen) atoms. The topological polar surface area (TPSA) is 34.5 Å². The summed E-state index contributed by atoms with van der Waals surface area (Å²) in [5, 5.41) is 1.02. The summed E-state index contributed by atoms with van der Waals surface area (Å²) < 4.78 is 8.09. The number of nitrogens with zero attached hydrogens (tertiary/aromatic N) is 2. The minimum absolute atomic E-state index is 0.0626. The van der Waals surface area contributed by atoms with E-state index in [-0.39, 0.29) is 12.0 Å². The summed E-state index contributed by atoms with van der Waals surface area (Å²) >= 11 is 0. The van der Waals surface area contributed by atoms with E-state index in [1.165, 1.54) is 0 Å². The van der Waals surface area contributed by atoms with E-state index in [0.29, 0.717) is 25.7 Å². The predicted octanol–water partition coefficient (Wildman–Crippen LogP) is 4.44. The molecule has 0 saturated carbocycles. The van der Waals surface area contributed by atoms with Crippen molar-refractivity contribution < 1.29 is 9.53 Å². The second-order valence-corrected chi connectivity index (χ2v) is 7.08. The van der Waals surface area contributed by atoms with Crippen molar-refractivity contribution in [1.29, 1.82) is 0 Å². The van der Waals surface area contributed by atoms with Crippen molar-refractivity contribution in [3.8, 4) is 0 Å². The maximum absolute atomic E-state index is 13.3. The molecule has 1 aliphatic heterocycles. The van der Waals surface area contributed by atoms with Crippen LogP contribution >= 0.6 is 0 Å². The number of carbonyl (C=O) groups excluding carboxylic acids is 1. The molecule has 1 aromatic heterocycles. The van der Waals surface area contributed by atoms with Gasteiger partial charge in [-0.15, -0.1) is 0 Å². The van der Waals surface area contributed by atoms with Gasteiger partial charge < -0.3 is 14.2 Å². The van der Waals surface area contributed by atoms with Gasteiger partial charge in [-0.3, -0.25) is 4.79 Å². The summed E-state index contributed by atoms with van der Waals surface area (Å²) in [6.45, 7) is 6.06. The van der Waals surface area contributed by atoms with Gasteiger partial charge in [0.25, 0.3) is 5.91 Å². The number of benzene rings is 2. The molecule has 4 rings (SSSR count). The summed E-state index contributed by atoms with van der Waals surface area (Å²) in [5.74, 6) is 0.0878. The number of aromatic nitrogens is 1. The van der Waals surface area contributed by atoms with Gasteiger partial charge in [0, 0.05) is 29.7 Å². The molecule has 2 heterocycles. The summed E-state index contributed by atoms with van der Waals surface area (Å²) in [6, 6.07) is 18.6. The minimum atomic E-state index is -0.0626. The molecule has 134 valence electrons. The lowest BCUT2D eigenvalue weighted by molar-refractivity contribution is -0.0227. The lowest BCUT2D eigenvalue weighted by Gasteiger charge is -2.33. The van der Waals surface area contributed by atoms with Crippen LogP contribution in [0.5, 0.6) is 0 Å². The van der Waals surface area contributed by atoms with Crippen molar-refractivity contribution in [3.63, 3.8) is 0 Å². The van der Waals surface area contributed by atoms with Crippen LogP contribution in [-0.2, 0) is 4.74 Å². The number of rotatable bonds is 3. The molecule has 1 atom stereocenters. The first-order valence-electron chi connectivity index (χ1n) is 9.20. The molecule has 4 heteroatoms. The smallest absolute Gasteiger partial charge is 0.256 e.